The molecule has 1 amide bonds. The van der Waals surface area contributed by atoms with E-state index in [-0.39, 0.29) is 17.8 Å². The summed E-state index contributed by atoms with van der Waals surface area (Å²) < 4.78 is 20.7. The summed E-state index contributed by atoms with van der Waals surface area (Å²) in [6.45, 7) is 2.94. The highest BCUT2D eigenvalue weighted by Crippen LogP contribution is 2.31. The van der Waals surface area contributed by atoms with E-state index >= 15 is 0 Å². The lowest BCUT2D eigenvalue weighted by Gasteiger charge is -2.29. The van der Waals surface area contributed by atoms with Gasteiger partial charge in [0, 0.05) is 36.5 Å². The van der Waals surface area contributed by atoms with Crippen LogP contribution in [0.1, 0.15) is 30.7 Å². The molecule has 3 heterocycles. The number of halogens is 1. The van der Waals surface area contributed by atoms with Crippen LogP contribution in [0.4, 0.5) is 4.39 Å². The molecule has 1 aromatic carbocycles. The normalized spacial score (nSPS) is 14.9. The van der Waals surface area contributed by atoms with Crippen molar-refractivity contribution in [3.8, 4) is 11.3 Å². The maximum Gasteiger partial charge on any atom is 0.247 e. The van der Waals surface area contributed by atoms with Crippen LogP contribution in [-0.4, -0.2) is 32.3 Å². The fraction of sp³-hybridized carbons (Fsp3) is 0.316. The van der Waals surface area contributed by atoms with E-state index in [2.05, 4.69) is 10.3 Å². The average molecular weight is 354 g/mol. The second-order valence-corrected chi connectivity index (χ2v) is 6.36. The van der Waals surface area contributed by atoms with Gasteiger partial charge in [0.25, 0.3) is 0 Å². The Kier molecular flexibility index (Phi) is 4.28. The van der Waals surface area contributed by atoms with Crippen molar-refractivity contribution in [3.05, 3.63) is 59.9 Å². The van der Waals surface area contributed by atoms with Crippen molar-refractivity contribution in [2.24, 2.45) is 0 Å². The number of benzene rings is 1. The average Bonchev–Trinajstić information content (AvgIpc) is 3.31. The van der Waals surface area contributed by atoms with Crippen molar-refractivity contribution < 1.29 is 13.7 Å². The molecule has 2 aromatic heterocycles. The zero-order chi connectivity index (χ0) is 18.1. The van der Waals surface area contributed by atoms with Crippen LogP contribution in [0, 0.1) is 5.82 Å². The lowest BCUT2D eigenvalue weighted by molar-refractivity contribution is -0.136. The molecule has 0 saturated carbocycles. The van der Waals surface area contributed by atoms with Gasteiger partial charge in [-0.25, -0.2) is 4.39 Å². The number of nitrogens with zero attached hydrogens (tertiary/aromatic N) is 4. The second kappa shape index (κ2) is 6.74. The van der Waals surface area contributed by atoms with Gasteiger partial charge in [-0.2, -0.15) is 5.10 Å². The Morgan fingerprint density at radius 3 is 3.00 bits per heavy atom. The lowest BCUT2D eigenvalue weighted by atomic mass is 10.0. The first-order valence-electron chi connectivity index (χ1n) is 8.68. The molecule has 1 atom stereocenters. The lowest BCUT2D eigenvalue weighted by Crippen LogP contribution is -2.40. The van der Waals surface area contributed by atoms with E-state index in [1.165, 1.54) is 12.1 Å². The monoisotopic (exact) mass is 354 g/mol. The summed E-state index contributed by atoms with van der Waals surface area (Å²) in [5.41, 5.74) is 2.11. The molecule has 7 heteroatoms. The van der Waals surface area contributed by atoms with Crippen LogP contribution >= 0.6 is 0 Å². The molecule has 134 valence electrons. The smallest absolute Gasteiger partial charge is 0.247 e. The molecule has 4 rings (SSSR count). The number of hydrogen-bond acceptors (Lipinski definition) is 4. The van der Waals surface area contributed by atoms with Crippen LogP contribution in [-0.2, 0) is 17.8 Å². The number of carbonyl (C=O) groups is 1. The third-order valence-corrected chi connectivity index (χ3v) is 4.75. The first-order chi connectivity index (χ1) is 12.7. The predicted molar refractivity (Wildman–Crippen MR) is 92.6 cm³/mol. The minimum absolute atomic E-state index is 0.0215. The Morgan fingerprint density at radius 1 is 1.38 bits per heavy atom. The molecule has 0 unspecified atom stereocenters. The quantitative estimate of drug-likeness (QED) is 0.722. The Morgan fingerprint density at radius 2 is 2.27 bits per heavy atom. The molecule has 0 bridgehead atoms. The van der Waals surface area contributed by atoms with Crippen molar-refractivity contribution in [1.82, 2.24) is 19.8 Å². The van der Waals surface area contributed by atoms with E-state index in [1.807, 2.05) is 13.0 Å². The molecule has 0 saturated heterocycles. The molecule has 0 spiro atoms. The summed E-state index contributed by atoms with van der Waals surface area (Å²) in [4.78, 5) is 14.8. The molecular weight excluding hydrogens is 335 g/mol. The number of amides is 1. The fourth-order valence-electron chi connectivity index (χ4n) is 3.41. The van der Waals surface area contributed by atoms with E-state index in [0.717, 1.165) is 11.3 Å². The highest BCUT2D eigenvalue weighted by atomic mass is 19.1. The number of aromatic nitrogens is 3. The summed E-state index contributed by atoms with van der Waals surface area (Å²) >= 11 is 0. The van der Waals surface area contributed by atoms with Gasteiger partial charge in [-0.05, 0) is 24.6 Å². The predicted octanol–water partition coefficient (Wildman–Crippen LogP) is 3.21. The van der Waals surface area contributed by atoms with Crippen LogP contribution in [0.25, 0.3) is 11.3 Å². The van der Waals surface area contributed by atoms with Crippen LogP contribution in [0.3, 0.4) is 0 Å². The number of fused-ring (bicyclic) bond motifs is 1. The van der Waals surface area contributed by atoms with Gasteiger partial charge in [0.2, 0.25) is 5.91 Å². The maximum atomic E-state index is 13.6. The van der Waals surface area contributed by atoms with E-state index in [4.69, 9.17) is 4.52 Å². The van der Waals surface area contributed by atoms with Gasteiger partial charge in [-0.3, -0.25) is 9.48 Å². The molecule has 1 aliphatic rings. The molecular formula is C19H19FN4O2. The minimum Gasteiger partial charge on any atom is -0.360 e. The van der Waals surface area contributed by atoms with Crippen molar-refractivity contribution in [2.75, 3.05) is 6.54 Å². The van der Waals surface area contributed by atoms with E-state index < -0.39 is 0 Å². The summed E-state index contributed by atoms with van der Waals surface area (Å²) in [5.74, 6) is 0.460. The molecule has 3 aromatic rings. The van der Waals surface area contributed by atoms with E-state index in [1.54, 1.807) is 34.1 Å². The Hall–Kier alpha value is -2.96. The van der Waals surface area contributed by atoms with Gasteiger partial charge in [0.1, 0.15) is 23.3 Å². The molecule has 1 aliphatic heterocycles. The summed E-state index contributed by atoms with van der Waals surface area (Å²) in [6.07, 6.45) is 4.73. The summed E-state index contributed by atoms with van der Waals surface area (Å²) in [6, 6.07) is 7.73. The SMILES string of the molecule is CC[C@H](C(=O)N1CCc2onc(-c3cccc(F)c3)c2C1)n1cccn1. The Bertz CT molecular complexity index is 920. The molecule has 0 radical (unpaired) electrons. The van der Waals surface area contributed by atoms with Crippen molar-refractivity contribution in [2.45, 2.75) is 32.4 Å². The molecule has 0 fully saturated rings. The molecule has 26 heavy (non-hydrogen) atoms. The fourth-order valence-corrected chi connectivity index (χ4v) is 3.41. The van der Waals surface area contributed by atoms with Gasteiger partial charge in [0.15, 0.2) is 0 Å². The van der Waals surface area contributed by atoms with Gasteiger partial charge < -0.3 is 9.42 Å². The third-order valence-electron chi connectivity index (χ3n) is 4.75. The largest absolute Gasteiger partial charge is 0.360 e. The Labute approximate surface area is 150 Å². The van der Waals surface area contributed by atoms with Crippen molar-refractivity contribution in [3.63, 3.8) is 0 Å². The summed E-state index contributed by atoms with van der Waals surface area (Å²) in [7, 11) is 0. The first-order valence-corrected chi connectivity index (χ1v) is 8.68. The van der Waals surface area contributed by atoms with Crippen LogP contribution in [0.15, 0.2) is 47.2 Å². The maximum absolute atomic E-state index is 13.6. The topological polar surface area (TPSA) is 64.2 Å². The van der Waals surface area contributed by atoms with Crippen molar-refractivity contribution in [1.29, 1.82) is 0 Å². The number of rotatable bonds is 4. The highest BCUT2D eigenvalue weighted by molar-refractivity contribution is 5.81. The first kappa shape index (κ1) is 16.5. The van der Waals surface area contributed by atoms with Gasteiger partial charge in [-0.1, -0.05) is 24.2 Å². The minimum atomic E-state index is -0.330. The zero-order valence-corrected chi connectivity index (χ0v) is 14.4. The molecule has 6 nitrogen and oxygen atoms in total. The highest BCUT2D eigenvalue weighted by Gasteiger charge is 2.31. The second-order valence-electron chi connectivity index (χ2n) is 6.36. The zero-order valence-electron chi connectivity index (χ0n) is 14.4. The number of hydrogen-bond donors (Lipinski definition) is 0. The van der Waals surface area contributed by atoms with Gasteiger partial charge in [-0.15, -0.1) is 0 Å². The third kappa shape index (κ3) is 2.89. The van der Waals surface area contributed by atoms with Crippen LogP contribution < -0.4 is 0 Å². The summed E-state index contributed by atoms with van der Waals surface area (Å²) in [5, 5.41) is 8.33. The Balaban J connectivity index is 1.61. The van der Waals surface area contributed by atoms with E-state index in [0.29, 0.717) is 37.2 Å². The van der Waals surface area contributed by atoms with Crippen LogP contribution in [0.5, 0.6) is 0 Å². The van der Waals surface area contributed by atoms with Crippen molar-refractivity contribution >= 4 is 5.91 Å². The van der Waals surface area contributed by atoms with Crippen LogP contribution in [0.2, 0.25) is 0 Å². The standard InChI is InChI=1S/C19H19FN4O2/c1-2-16(24-9-4-8-21-24)19(25)23-10-7-17-15(12-23)18(22-26-17)13-5-3-6-14(20)11-13/h3-6,8-9,11,16H,2,7,10,12H2,1H3/t16-/m1/s1. The van der Waals surface area contributed by atoms with E-state index in [9.17, 15) is 9.18 Å². The molecule has 0 aliphatic carbocycles. The number of carbonyl (C=O) groups excluding carboxylic acids is 1. The molecule has 0 N–H and O–H groups in total. The van der Waals surface area contributed by atoms with Gasteiger partial charge in [0.05, 0.1) is 6.54 Å². The van der Waals surface area contributed by atoms with Gasteiger partial charge >= 0.3 is 0 Å².